The van der Waals surface area contributed by atoms with E-state index < -0.39 is 16.7 Å². The summed E-state index contributed by atoms with van der Waals surface area (Å²) in [5.41, 5.74) is 2.78. The van der Waals surface area contributed by atoms with Gasteiger partial charge in [-0.15, -0.1) is 0 Å². The molecule has 1 saturated heterocycles. The molecule has 2 aromatic carbocycles. The number of non-ortho nitro benzene ring substituents is 1. The second-order valence-corrected chi connectivity index (χ2v) is 7.52. The van der Waals surface area contributed by atoms with E-state index in [1.165, 1.54) is 32.4 Å². The lowest BCUT2D eigenvalue weighted by atomic mass is 10.1. The Bertz CT molecular complexity index is 1090. The standard InChI is InChI=1S/C19H15N3O6S2/c1-27-14-8-4-5-11(16(14)28-2)10-15-18(24)21(19(29)30-15)20-17(23)12-6-3-7-13(9-12)22(25)26/h3-10H,1-2H3,(H,20,23). The number of hydrazine groups is 1. The number of hydrogen-bond donors (Lipinski definition) is 1. The van der Waals surface area contributed by atoms with Crippen LogP contribution in [0.5, 0.6) is 11.5 Å². The largest absolute Gasteiger partial charge is 0.493 e. The highest BCUT2D eigenvalue weighted by atomic mass is 32.2. The molecule has 1 aliphatic heterocycles. The van der Waals surface area contributed by atoms with Crippen LogP contribution in [0.3, 0.4) is 0 Å². The van der Waals surface area contributed by atoms with Gasteiger partial charge in [-0.1, -0.05) is 30.0 Å². The van der Waals surface area contributed by atoms with Crippen molar-refractivity contribution in [2.45, 2.75) is 0 Å². The summed E-state index contributed by atoms with van der Waals surface area (Å²) in [5.74, 6) is -0.282. The quantitative estimate of drug-likeness (QED) is 0.312. The van der Waals surface area contributed by atoms with E-state index in [0.29, 0.717) is 17.1 Å². The van der Waals surface area contributed by atoms with E-state index in [0.717, 1.165) is 22.8 Å². The molecule has 30 heavy (non-hydrogen) atoms. The summed E-state index contributed by atoms with van der Waals surface area (Å²) in [4.78, 5) is 35.8. The average Bonchev–Trinajstić information content (AvgIpc) is 3.00. The number of nitrogens with one attached hydrogen (secondary N) is 1. The smallest absolute Gasteiger partial charge is 0.285 e. The van der Waals surface area contributed by atoms with Crippen LogP contribution in [0.15, 0.2) is 47.4 Å². The first-order valence-electron chi connectivity index (χ1n) is 8.40. The molecule has 154 valence electrons. The highest BCUT2D eigenvalue weighted by Gasteiger charge is 2.34. The summed E-state index contributed by atoms with van der Waals surface area (Å²) in [5, 5.41) is 11.8. The maximum absolute atomic E-state index is 12.8. The van der Waals surface area contributed by atoms with Gasteiger partial charge in [-0.2, -0.15) is 5.01 Å². The zero-order chi connectivity index (χ0) is 21.8. The number of ether oxygens (including phenoxy) is 2. The second kappa shape index (κ2) is 8.93. The Kier molecular flexibility index (Phi) is 6.33. The minimum Gasteiger partial charge on any atom is -0.493 e. The van der Waals surface area contributed by atoms with Gasteiger partial charge >= 0.3 is 0 Å². The predicted molar refractivity (Wildman–Crippen MR) is 115 cm³/mol. The third-order valence-corrected chi connectivity index (χ3v) is 5.35. The molecular formula is C19H15N3O6S2. The van der Waals surface area contributed by atoms with Gasteiger partial charge in [-0.25, -0.2) is 0 Å². The lowest BCUT2D eigenvalue weighted by molar-refractivity contribution is -0.384. The van der Waals surface area contributed by atoms with Crippen molar-refractivity contribution >= 4 is 51.9 Å². The van der Waals surface area contributed by atoms with Crippen LogP contribution in [0.4, 0.5) is 5.69 Å². The maximum Gasteiger partial charge on any atom is 0.285 e. The number of thiocarbonyl (C=S) groups is 1. The van der Waals surface area contributed by atoms with Crippen LogP contribution in [0.1, 0.15) is 15.9 Å². The molecule has 9 nitrogen and oxygen atoms in total. The third kappa shape index (κ3) is 4.26. The molecular weight excluding hydrogens is 430 g/mol. The van der Waals surface area contributed by atoms with Crippen LogP contribution < -0.4 is 14.9 Å². The summed E-state index contributed by atoms with van der Waals surface area (Å²) in [6.45, 7) is 0. The van der Waals surface area contributed by atoms with Gasteiger partial charge in [-0.3, -0.25) is 25.1 Å². The number of thioether (sulfide) groups is 1. The number of nitro groups is 1. The number of nitrogens with zero attached hydrogens (tertiary/aromatic N) is 2. The maximum atomic E-state index is 12.8. The number of hydrogen-bond acceptors (Lipinski definition) is 8. The van der Waals surface area contributed by atoms with Gasteiger partial charge < -0.3 is 9.47 Å². The molecule has 0 saturated carbocycles. The van der Waals surface area contributed by atoms with E-state index in [9.17, 15) is 19.7 Å². The molecule has 0 aromatic heterocycles. The van der Waals surface area contributed by atoms with E-state index in [4.69, 9.17) is 21.7 Å². The van der Waals surface area contributed by atoms with E-state index in [1.54, 1.807) is 24.3 Å². The van der Waals surface area contributed by atoms with Crippen LogP contribution in [0, 0.1) is 10.1 Å². The second-order valence-electron chi connectivity index (χ2n) is 5.85. The van der Waals surface area contributed by atoms with Crippen LogP contribution >= 0.6 is 24.0 Å². The summed E-state index contributed by atoms with van der Waals surface area (Å²) in [6, 6.07) is 10.4. The van der Waals surface area contributed by atoms with Gasteiger partial charge in [-0.05, 0) is 30.4 Å². The van der Waals surface area contributed by atoms with Crippen LogP contribution in [0.25, 0.3) is 6.08 Å². The first-order valence-corrected chi connectivity index (χ1v) is 9.62. The average molecular weight is 445 g/mol. The topological polar surface area (TPSA) is 111 Å². The molecule has 0 unspecified atom stereocenters. The minimum atomic E-state index is -0.699. The number of amides is 2. The molecule has 11 heteroatoms. The Morgan fingerprint density at radius 3 is 2.63 bits per heavy atom. The first-order chi connectivity index (χ1) is 14.3. The van der Waals surface area contributed by atoms with Crippen molar-refractivity contribution in [1.82, 2.24) is 10.4 Å². The highest BCUT2D eigenvalue weighted by molar-refractivity contribution is 8.26. The first kappa shape index (κ1) is 21.3. The molecule has 1 fully saturated rings. The molecule has 2 aromatic rings. The van der Waals surface area contributed by atoms with Gasteiger partial charge in [0.25, 0.3) is 17.5 Å². The number of carbonyl (C=O) groups is 2. The fourth-order valence-corrected chi connectivity index (χ4v) is 3.83. The van der Waals surface area contributed by atoms with Gasteiger partial charge in [0.1, 0.15) is 0 Å². The molecule has 0 atom stereocenters. The lowest BCUT2D eigenvalue weighted by Crippen LogP contribution is -2.44. The summed E-state index contributed by atoms with van der Waals surface area (Å²) < 4.78 is 10.7. The Balaban J connectivity index is 1.83. The minimum absolute atomic E-state index is 0.0247. The molecule has 0 bridgehead atoms. The van der Waals surface area contributed by atoms with Crippen molar-refractivity contribution in [3.63, 3.8) is 0 Å². The molecule has 3 rings (SSSR count). The third-order valence-electron chi connectivity index (χ3n) is 4.05. The Morgan fingerprint density at radius 2 is 1.97 bits per heavy atom. The number of benzene rings is 2. The number of rotatable bonds is 6. The fraction of sp³-hybridized carbons (Fsp3) is 0.105. The van der Waals surface area contributed by atoms with Crippen molar-refractivity contribution in [3.8, 4) is 11.5 Å². The normalized spacial score (nSPS) is 14.7. The van der Waals surface area contributed by atoms with Gasteiger partial charge in [0.15, 0.2) is 15.8 Å². The van der Waals surface area contributed by atoms with Crippen molar-refractivity contribution in [3.05, 3.63) is 68.6 Å². The molecule has 1 N–H and O–H groups in total. The van der Waals surface area contributed by atoms with Crippen molar-refractivity contribution in [2.75, 3.05) is 14.2 Å². The van der Waals surface area contributed by atoms with E-state index in [2.05, 4.69) is 5.43 Å². The zero-order valence-electron chi connectivity index (χ0n) is 15.8. The van der Waals surface area contributed by atoms with Crippen molar-refractivity contribution in [1.29, 1.82) is 0 Å². The summed E-state index contributed by atoms with van der Waals surface area (Å²) >= 11 is 6.21. The lowest BCUT2D eigenvalue weighted by Gasteiger charge is -2.15. The van der Waals surface area contributed by atoms with Gasteiger partial charge in [0.2, 0.25) is 0 Å². The Morgan fingerprint density at radius 1 is 1.23 bits per heavy atom. The number of carbonyl (C=O) groups excluding carboxylic acids is 2. The summed E-state index contributed by atoms with van der Waals surface area (Å²) in [7, 11) is 2.99. The number of methoxy groups -OCH3 is 2. The molecule has 2 amide bonds. The Hall–Kier alpha value is -3.44. The van der Waals surface area contributed by atoms with E-state index in [-0.39, 0.29) is 20.5 Å². The number of para-hydroxylation sites is 1. The Labute approximate surface area is 180 Å². The van der Waals surface area contributed by atoms with Gasteiger partial charge in [0.05, 0.1) is 24.0 Å². The van der Waals surface area contributed by atoms with Crippen molar-refractivity contribution in [2.24, 2.45) is 0 Å². The fourth-order valence-electron chi connectivity index (χ4n) is 2.66. The number of nitro benzene ring substituents is 1. The molecule has 0 radical (unpaired) electrons. The zero-order valence-corrected chi connectivity index (χ0v) is 17.4. The molecule has 1 heterocycles. The van der Waals surface area contributed by atoms with Crippen molar-refractivity contribution < 1.29 is 24.0 Å². The van der Waals surface area contributed by atoms with E-state index >= 15 is 0 Å². The van der Waals surface area contributed by atoms with E-state index in [1.807, 2.05) is 0 Å². The highest BCUT2D eigenvalue weighted by Crippen LogP contribution is 2.36. The predicted octanol–water partition coefficient (Wildman–Crippen LogP) is 3.16. The molecule has 0 spiro atoms. The van der Waals surface area contributed by atoms with Gasteiger partial charge in [0, 0.05) is 23.3 Å². The van der Waals surface area contributed by atoms with Crippen LogP contribution in [-0.4, -0.2) is 40.3 Å². The van der Waals surface area contributed by atoms with Crippen LogP contribution in [-0.2, 0) is 4.79 Å². The summed E-state index contributed by atoms with van der Waals surface area (Å²) in [6.07, 6.45) is 1.58. The van der Waals surface area contributed by atoms with Crippen LogP contribution in [0.2, 0.25) is 0 Å². The molecule has 1 aliphatic rings. The monoisotopic (exact) mass is 445 g/mol. The SMILES string of the molecule is COc1cccc(C=C2SC(=S)N(NC(=O)c3cccc([N+](=O)[O-])c3)C2=O)c1OC. The molecule has 0 aliphatic carbocycles.